The number of ether oxygens (including phenoxy) is 2. The van der Waals surface area contributed by atoms with Crippen LogP contribution < -0.4 is 0 Å². The van der Waals surface area contributed by atoms with Crippen LogP contribution in [0, 0.1) is 39.9 Å². The van der Waals surface area contributed by atoms with Crippen molar-refractivity contribution in [3.05, 3.63) is 12.2 Å². The molecule has 2 N–H and O–H groups in total. The number of carbonyl (C=O) groups is 2. The Hall–Kier alpha value is -1.44. The lowest BCUT2D eigenvalue weighted by molar-refractivity contribution is -0.284. The minimum absolute atomic E-state index is 0.0241. The van der Waals surface area contributed by atoms with Gasteiger partial charge in [0.2, 0.25) is 0 Å². The van der Waals surface area contributed by atoms with Crippen molar-refractivity contribution in [1.82, 2.24) is 4.90 Å². The number of fused-ring (bicyclic) bond motifs is 1. The number of rotatable bonds is 3. The van der Waals surface area contributed by atoms with Gasteiger partial charge in [0.15, 0.2) is 0 Å². The molecule has 7 nitrogen and oxygen atoms in total. The second-order valence-corrected chi connectivity index (χ2v) is 13.1. The van der Waals surface area contributed by atoms with E-state index in [1.54, 1.807) is 0 Å². The zero-order valence-corrected chi connectivity index (χ0v) is 19.9. The third-order valence-electron chi connectivity index (χ3n) is 11.3. The molecule has 6 saturated carbocycles. The molecule has 0 aromatic rings. The molecule has 1 unspecified atom stereocenters. The van der Waals surface area contributed by atoms with Crippen LogP contribution >= 0.6 is 0 Å². The molecular weight excluding hydrogens is 422 g/mol. The quantitative estimate of drug-likeness (QED) is 0.491. The molecule has 9 fully saturated rings. The predicted octanol–water partition coefficient (Wildman–Crippen LogP) is 1.66. The number of hydrogen-bond donors (Lipinski definition) is 2. The van der Waals surface area contributed by atoms with Crippen molar-refractivity contribution in [2.45, 2.75) is 89.4 Å². The molecule has 3 saturated heterocycles. The van der Waals surface area contributed by atoms with Crippen LogP contribution in [0.2, 0.25) is 0 Å². The van der Waals surface area contributed by atoms with Crippen LogP contribution in [0.15, 0.2) is 12.2 Å². The number of esters is 2. The summed E-state index contributed by atoms with van der Waals surface area (Å²) in [5.74, 6) is -1.01. The van der Waals surface area contributed by atoms with E-state index in [-0.39, 0.29) is 40.8 Å². The van der Waals surface area contributed by atoms with Crippen LogP contribution in [0.25, 0.3) is 0 Å². The van der Waals surface area contributed by atoms with E-state index < -0.39 is 35.1 Å². The highest BCUT2D eigenvalue weighted by Crippen LogP contribution is 2.88. The van der Waals surface area contributed by atoms with Gasteiger partial charge in [0.1, 0.15) is 17.8 Å². The number of piperidine rings is 2. The highest BCUT2D eigenvalue weighted by Gasteiger charge is 2.95. The summed E-state index contributed by atoms with van der Waals surface area (Å²) in [6.07, 6.45) is 1.27. The molecular formula is C26H35NO6. The number of hydrogen-bond acceptors (Lipinski definition) is 7. The molecule has 0 aromatic carbocycles. The van der Waals surface area contributed by atoms with Gasteiger partial charge in [-0.1, -0.05) is 32.9 Å². The fourth-order valence-corrected chi connectivity index (χ4v) is 11.3. The van der Waals surface area contributed by atoms with Crippen molar-refractivity contribution in [2.75, 3.05) is 6.54 Å². The van der Waals surface area contributed by atoms with E-state index in [2.05, 4.69) is 18.4 Å². The molecule has 0 amide bonds. The van der Waals surface area contributed by atoms with Gasteiger partial charge < -0.3 is 19.7 Å². The second-order valence-electron chi connectivity index (χ2n) is 13.1. The van der Waals surface area contributed by atoms with Crippen molar-refractivity contribution in [1.29, 1.82) is 0 Å². The van der Waals surface area contributed by atoms with Crippen LogP contribution in [-0.2, 0) is 19.1 Å². The summed E-state index contributed by atoms with van der Waals surface area (Å²) in [4.78, 5) is 27.3. The van der Waals surface area contributed by atoms with Crippen molar-refractivity contribution in [2.24, 2.45) is 39.9 Å². The molecule has 3 aliphatic heterocycles. The topological polar surface area (TPSA) is 96.3 Å². The minimum Gasteiger partial charge on any atom is -0.462 e. The Morgan fingerprint density at radius 1 is 1.18 bits per heavy atom. The SMILES string of the molecule is C=C1C[C@@]23C[C@H]4[C@@H]5[C@@]6(C)C[C@H](OC(=O)C(C)C)C[C@@]57[C@@H]2[C@H](O)[C@@H]1[C@H](OC(C)=O)[C@@]3(O)[C@H]7N4C6. The average molecular weight is 458 g/mol. The Kier molecular flexibility index (Phi) is 3.60. The standard InChI is InChI=1S/C26H35NO6/c1-11(2)21(30)33-14-7-23(5)10-27-15-9-24-6-12(3)16-17(29)19(24)25(8-14,18(15)23)22(27)26(24,31)20(16)32-13(4)28/h11,14-20,22,29,31H,3,6-10H2,1-2,4-5H3/t14-,15-,16+,17+,18+,19+,20-,22-,23-,24+,25-,26+/m0/s1. The molecule has 7 heteroatoms. The van der Waals surface area contributed by atoms with E-state index in [9.17, 15) is 19.8 Å². The van der Waals surface area contributed by atoms with Gasteiger partial charge in [-0.05, 0) is 37.0 Å². The first-order valence-corrected chi connectivity index (χ1v) is 12.6. The van der Waals surface area contributed by atoms with Crippen molar-refractivity contribution in [3.8, 4) is 0 Å². The van der Waals surface area contributed by atoms with E-state index in [1.165, 1.54) is 6.92 Å². The third-order valence-corrected chi connectivity index (χ3v) is 11.3. The zero-order chi connectivity index (χ0) is 23.5. The summed E-state index contributed by atoms with van der Waals surface area (Å²) in [6, 6.07) is 0.162. The van der Waals surface area contributed by atoms with Gasteiger partial charge >= 0.3 is 11.9 Å². The van der Waals surface area contributed by atoms with E-state index >= 15 is 0 Å². The summed E-state index contributed by atoms with van der Waals surface area (Å²) in [5, 5.41) is 24.6. The van der Waals surface area contributed by atoms with Gasteiger partial charge in [0.05, 0.1) is 12.0 Å². The molecule has 33 heavy (non-hydrogen) atoms. The summed E-state index contributed by atoms with van der Waals surface area (Å²) >= 11 is 0. The molecule has 3 heterocycles. The molecule has 2 spiro atoms. The maximum atomic E-state index is 12.7. The average Bonchev–Trinajstić information content (AvgIpc) is 3.10. The lowest BCUT2D eigenvalue weighted by atomic mass is 9.39. The normalized spacial score (nSPS) is 60.6. The third kappa shape index (κ3) is 1.90. The van der Waals surface area contributed by atoms with Gasteiger partial charge in [0.25, 0.3) is 0 Å². The van der Waals surface area contributed by atoms with Crippen LogP contribution in [-0.4, -0.2) is 69.6 Å². The minimum atomic E-state index is -1.22. The Morgan fingerprint density at radius 2 is 1.91 bits per heavy atom. The van der Waals surface area contributed by atoms with E-state index in [0.29, 0.717) is 24.8 Å². The highest BCUT2D eigenvalue weighted by molar-refractivity contribution is 5.71. The Morgan fingerprint density at radius 3 is 2.58 bits per heavy atom. The Labute approximate surface area is 194 Å². The van der Waals surface area contributed by atoms with Gasteiger partial charge in [-0.25, -0.2) is 0 Å². The summed E-state index contributed by atoms with van der Waals surface area (Å²) in [7, 11) is 0. The van der Waals surface area contributed by atoms with Gasteiger partial charge in [-0.3, -0.25) is 14.5 Å². The van der Waals surface area contributed by atoms with Crippen LogP contribution in [0.3, 0.4) is 0 Å². The maximum absolute atomic E-state index is 12.7. The lowest BCUT2D eigenvalue weighted by Gasteiger charge is -2.68. The van der Waals surface area contributed by atoms with Crippen LogP contribution in [0.1, 0.15) is 53.4 Å². The lowest BCUT2D eigenvalue weighted by Crippen LogP contribution is -2.77. The molecule has 13 atom stereocenters. The van der Waals surface area contributed by atoms with Crippen molar-refractivity contribution in [3.63, 3.8) is 0 Å². The maximum Gasteiger partial charge on any atom is 0.308 e. The van der Waals surface area contributed by atoms with Gasteiger partial charge in [-0.15, -0.1) is 0 Å². The van der Waals surface area contributed by atoms with Crippen molar-refractivity contribution < 1.29 is 29.3 Å². The first-order valence-electron chi connectivity index (χ1n) is 12.6. The largest absolute Gasteiger partial charge is 0.462 e. The predicted molar refractivity (Wildman–Crippen MR) is 117 cm³/mol. The Balaban J connectivity index is 1.41. The fourth-order valence-electron chi connectivity index (χ4n) is 11.3. The first-order chi connectivity index (χ1) is 15.4. The van der Waals surface area contributed by atoms with Gasteiger partial charge in [-0.2, -0.15) is 0 Å². The molecule has 9 bridgehead atoms. The fraction of sp³-hybridized carbons (Fsp3) is 0.846. The van der Waals surface area contributed by atoms with Crippen LogP contribution in [0.5, 0.6) is 0 Å². The molecule has 0 radical (unpaired) electrons. The van der Waals surface area contributed by atoms with E-state index in [4.69, 9.17) is 9.47 Å². The number of carbonyl (C=O) groups excluding carboxylic acids is 2. The Bertz CT molecular complexity index is 1010. The van der Waals surface area contributed by atoms with E-state index in [0.717, 1.165) is 25.0 Å². The second kappa shape index (κ2) is 5.68. The smallest absolute Gasteiger partial charge is 0.308 e. The highest BCUT2D eigenvalue weighted by atomic mass is 16.6. The van der Waals surface area contributed by atoms with Crippen molar-refractivity contribution >= 4 is 11.9 Å². The number of aliphatic hydroxyl groups excluding tert-OH is 1. The summed E-state index contributed by atoms with van der Waals surface area (Å²) < 4.78 is 11.9. The molecule has 180 valence electrons. The molecule has 9 aliphatic rings. The molecule has 6 aliphatic carbocycles. The first kappa shape index (κ1) is 20.9. The summed E-state index contributed by atoms with van der Waals surface area (Å²) in [5.41, 5.74) is -1.24. The van der Waals surface area contributed by atoms with E-state index in [1.807, 2.05) is 13.8 Å². The molecule has 0 aromatic heterocycles. The monoisotopic (exact) mass is 457 g/mol. The zero-order valence-electron chi connectivity index (χ0n) is 19.9. The summed E-state index contributed by atoms with van der Waals surface area (Å²) in [6.45, 7) is 12.5. The van der Waals surface area contributed by atoms with Crippen LogP contribution in [0.4, 0.5) is 0 Å². The number of aliphatic hydroxyl groups is 2. The number of nitrogens with zero attached hydrogens (tertiary/aromatic N) is 1. The van der Waals surface area contributed by atoms with Gasteiger partial charge in [0, 0.05) is 48.2 Å². The molecule has 9 rings (SSSR count).